The summed E-state index contributed by atoms with van der Waals surface area (Å²) in [6, 6.07) is 6.00. The van der Waals surface area contributed by atoms with E-state index >= 15 is 0 Å². The molecule has 0 aliphatic rings. The van der Waals surface area contributed by atoms with Gasteiger partial charge in [-0.15, -0.1) is 0 Å². The van der Waals surface area contributed by atoms with E-state index in [-0.39, 0.29) is 11.6 Å². The summed E-state index contributed by atoms with van der Waals surface area (Å²) in [5.74, 6) is -0.348. The van der Waals surface area contributed by atoms with Gasteiger partial charge in [-0.3, -0.25) is 4.79 Å². The second kappa shape index (κ2) is 3.81. The van der Waals surface area contributed by atoms with Gasteiger partial charge >= 0.3 is 0 Å². The number of hydrogen-bond donors (Lipinski definition) is 0. The molecule has 1 aromatic rings. The lowest BCUT2D eigenvalue weighted by Crippen LogP contribution is -2.00. The van der Waals surface area contributed by atoms with Crippen LogP contribution in [0.5, 0.6) is 0 Å². The molecule has 0 spiro atoms. The summed E-state index contributed by atoms with van der Waals surface area (Å²) in [4.78, 5) is 10.5. The van der Waals surface area contributed by atoms with Crippen molar-refractivity contribution >= 4 is 21.7 Å². The Morgan fingerprint density at radius 2 is 2.25 bits per heavy atom. The average molecular weight is 231 g/mol. The van der Waals surface area contributed by atoms with E-state index in [0.29, 0.717) is 5.56 Å². The van der Waals surface area contributed by atoms with Crippen LogP contribution >= 0.6 is 15.9 Å². The molecule has 0 fully saturated rings. The molecule has 0 aromatic heterocycles. The Hall–Kier alpha value is -0.700. The third-order valence-electron chi connectivity index (χ3n) is 1.50. The van der Waals surface area contributed by atoms with Gasteiger partial charge in [-0.05, 0) is 24.6 Å². The van der Waals surface area contributed by atoms with E-state index in [1.54, 1.807) is 12.1 Å². The first-order valence-electron chi connectivity index (χ1n) is 3.51. The van der Waals surface area contributed by atoms with Gasteiger partial charge in [0.2, 0.25) is 0 Å². The quantitative estimate of drug-likeness (QED) is 0.715. The number of rotatable bonds is 2. The fourth-order valence-corrected chi connectivity index (χ4v) is 1.18. The summed E-state index contributed by atoms with van der Waals surface area (Å²) in [5.41, 5.74) is 0.655. The van der Waals surface area contributed by atoms with Gasteiger partial charge in [-0.1, -0.05) is 28.1 Å². The van der Waals surface area contributed by atoms with Crippen LogP contribution in [0.3, 0.4) is 0 Å². The van der Waals surface area contributed by atoms with Gasteiger partial charge in [0.1, 0.15) is 11.6 Å². The van der Waals surface area contributed by atoms with Crippen LogP contribution in [0, 0.1) is 5.82 Å². The SMILES string of the molecule is CC(=O)C(Br)c1cccc(F)c1. The molecule has 64 valence electrons. The molecule has 1 aromatic carbocycles. The third-order valence-corrected chi connectivity index (χ3v) is 2.67. The van der Waals surface area contributed by atoms with E-state index < -0.39 is 4.83 Å². The Bertz CT molecular complexity index is 298. The molecule has 0 radical (unpaired) electrons. The summed E-state index contributed by atoms with van der Waals surface area (Å²) < 4.78 is 12.7. The van der Waals surface area contributed by atoms with Crippen LogP contribution < -0.4 is 0 Å². The molecule has 1 atom stereocenters. The molecule has 0 amide bonds. The molecule has 0 saturated heterocycles. The molecule has 0 heterocycles. The molecule has 0 bridgehead atoms. The molecule has 3 heteroatoms. The van der Waals surface area contributed by atoms with Gasteiger partial charge in [0, 0.05) is 0 Å². The highest BCUT2D eigenvalue weighted by molar-refractivity contribution is 9.09. The zero-order chi connectivity index (χ0) is 9.14. The zero-order valence-corrected chi connectivity index (χ0v) is 8.14. The molecule has 0 saturated carbocycles. The molecule has 0 aliphatic carbocycles. The molecule has 1 rings (SSSR count). The van der Waals surface area contributed by atoms with Gasteiger partial charge in [-0.25, -0.2) is 4.39 Å². The van der Waals surface area contributed by atoms with Crippen LogP contribution in [0.15, 0.2) is 24.3 Å². The molecule has 1 unspecified atom stereocenters. The van der Waals surface area contributed by atoms with Crippen LogP contribution in [0.1, 0.15) is 17.3 Å². The van der Waals surface area contributed by atoms with Crippen molar-refractivity contribution in [2.45, 2.75) is 11.8 Å². The van der Waals surface area contributed by atoms with Crippen molar-refractivity contribution in [1.82, 2.24) is 0 Å². The second-order valence-corrected chi connectivity index (χ2v) is 3.44. The fourth-order valence-electron chi connectivity index (χ4n) is 0.899. The number of carbonyl (C=O) groups excluding carboxylic acids is 1. The molecule has 12 heavy (non-hydrogen) atoms. The highest BCUT2D eigenvalue weighted by Crippen LogP contribution is 2.23. The Balaban J connectivity index is 2.95. The first-order valence-corrected chi connectivity index (χ1v) is 4.43. The smallest absolute Gasteiger partial charge is 0.147 e. The minimum absolute atomic E-state index is 0.0272. The van der Waals surface area contributed by atoms with Gasteiger partial charge in [0.15, 0.2) is 0 Å². The monoisotopic (exact) mass is 230 g/mol. The van der Waals surface area contributed by atoms with E-state index in [2.05, 4.69) is 15.9 Å². The van der Waals surface area contributed by atoms with Gasteiger partial charge in [0.05, 0.1) is 4.83 Å². The summed E-state index contributed by atoms with van der Waals surface area (Å²) in [6.45, 7) is 1.46. The number of alkyl halides is 1. The highest BCUT2D eigenvalue weighted by Gasteiger charge is 2.12. The van der Waals surface area contributed by atoms with Crippen LogP contribution in [0.4, 0.5) is 4.39 Å². The summed E-state index contributed by atoms with van der Waals surface area (Å²) in [6.07, 6.45) is 0. The summed E-state index contributed by atoms with van der Waals surface area (Å²) >= 11 is 3.17. The van der Waals surface area contributed by atoms with Crippen LogP contribution in [-0.2, 0) is 4.79 Å². The maximum atomic E-state index is 12.7. The fraction of sp³-hybridized carbons (Fsp3) is 0.222. The number of hydrogen-bond acceptors (Lipinski definition) is 1. The van der Waals surface area contributed by atoms with Crippen molar-refractivity contribution in [2.24, 2.45) is 0 Å². The van der Waals surface area contributed by atoms with E-state index in [0.717, 1.165) is 0 Å². The Kier molecular flexibility index (Phi) is 2.98. The van der Waals surface area contributed by atoms with Crippen molar-refractivity contribution < 1.29 is 9.18 Å². The first kappa shape index (κ1) is 9.39. The maximum Gasteiger partial charge on any atom is 0.147 e. The lowest BCUT2D eigenvalue weighted by Gasteiger charge is -2.04. The van der Waals surface area contributed by atoms with Crippen molar-refractivity contribution in [3.05, 3.63) is 35.6 Å². The van der Waals surface area contributed by atoms with Gasteiger partial charge in [0.25, 0.3) is 0 Å². The van der Waals surface area contributed by atoms with Crippen LogP contribution in [-0.4, -0.2) is 5.78 Å². The lowest BCUT2D eigenvalue weighted by molar-refractivity contribution is -0.116. The molecule has 1 nitrogen and oxygen atoms in total. The van der Waals surface area contributed by atoms with Gasteiger partial charge in [-0.2, -0.15) is 0 Å². The predicted octanol–water partition coefficient (Wildman–Crippen LogP) is 2.85. The number of Topliss-reactive ketones (excluding diaryl/α,β-unsaturated/α-hetero) is 1. The zero-order valence-electron chi connectivity index (χ0n) is 6.55. The number of benzene rings is 1. The topological polar surface area (TPSA) is 17.1 Å². The average Bonchev–Trinajstić information content (AvgIpc) is 2.03. The Morgan fingerprint density at radius 3 is 2.75 bits per heavy atom. The third kappa shape index (κ3) is 2.14. The van der Waals surface area contributed by atoms with Crippen molar-refractivity contribution in [3.8, 4) is 0 Å². The van der Waals surface area contributed by atoms with Crippen LogP contribution in [0.25, 0.3) is 0 Å². The highest BCUT2D eigenvalue weighted by atomic mass is 79.9. The van der Waals surface area contributed by atoms with E-state index in [1.807, 2.05) is 0 Å². The largest absolute Gasteiger partial charge is 0.298 e. The van der Waals surface area contributed by atoms with Gasteiger partial charge < -0.3 is 0 Å². The molecular weight excluding hydrogens is 223 g/mol. The molecule has 0 N–H and O–H groups in total. The Morgan fingerprint density at radius 1 is 1.58 bits per heavy atom. The van der Waals surface area contributed by atoms with Crippen molar-refractivity contribution in [1.29, 1.82) is 0 Å². The summed E-state index contributed by atoms with van der Waals surface area (Å²) in [5, 5.41) is 0. The normalized spacial score (nSPS) is 12.6. The molecular formula is C9H8BrFO. The molecule has 0 aliphatic heterocycles. The summed E-state index contributed by atoms with van der Waals surface area (Å²) in [7, 11) is 0. The van der Waals surface area contributed by atoms with Crippen molar-refractivity contribution in [3.63, 3.8) is 0 Å². The Labute approximate surface area is 78.7 Å². The second-order valence-electron chi connectivity index (χ2n) is 2.53. The first-order chi connectivity index (χ1) is 5.61. The number of ketones is 1. The van der Waals surface area contributed by atoms with E-state index in [1.165, 1.54) is 19.1 Å². The minimum atomic E-state index is -0.395. The van der Waals surface area contributed by atoms with E-state index in [9.17, 15) is 9.18 Å². The standard InChI is InChI=1S/C9H8BrFO/c1-6(12)9(10)7-3-2-4-8(11)5-7/h2-5,9H,1H3. The lowest BCUT2D eigenvalue weighted by atomic mass is 10.1. The number of halogens is 2. The predicted molar refractivity (Wildman–Crippen MR) is 48.7 cm³/mol. The van der Waals surface area contributed by atoms with E-state index in [4.69, 9.17) is 0 Å². The van der Waals surface area contributed by atoms with Crippen LogP contribution in [0.2, 0.25) is 0 Å². The minimum Gasteiger partial charge on any atom is -0.298 e. The maximum absolute atomic E-state index is 12.7. The number of carbonyl (C=O) groups is 1. The van der Waals surface area contributed by atoms with Crippen molar-refractivity contribution in [2.75, 3.05) is 0 Å².